The molecule has 2 aromatic rings. The molecule has 23 heavy (non-hydrogen) atoms. The van der Waals surface area contributed by atoms with Crippen LogP contribution in [0.4, 0.5) is 0 Å². The molecule has 0 spiro atoms. The molecular weight excluding hydrogens is 296 g/mol. The summed E-state index contributed by atoms with van der Waals surface area (Å²) in [7, 11) is 1.50. The molecule has 0 unspecified atom stereocenters. The molecule has 0 aliphatic heterocycles. The molecule has 0 saturated heterocycles. The van der Waals surface area contributed by atoms with Gasteiger partial charge < -0.3 is 10.4 Å². The van der Waals surface area contributed by atoms with Gasteiger partial charge in [0.1, 0.15) is 5.69 Å². The van der Waals surface area contributed by atoms with Gasteiger partial charge in [0.05, 0.1) is 17.8 Å². The molecule has 1 aliphatic carbocycles. The van der Waals surface area contributed by atoms with E-state index in [1.165, 1.54) is 19.2 Å². The Kier molecular flexibility index (Phi) is 4.20. The Morgan fingerprint density at radius 1 is 1.35 bits per heavy atom. The summed E-state index contributed by atoms with van der Waals surface area (Å²) in [4.78, 5) is 28.1. The number of nitrogens with zero attached hydrogens (tertiary/aromatic N) is 3. The molecule has 0 radical (unpaired) electrons. The second-order valence-electron chi connectivity index (χ2n) is 5.77. The van der Waals surface area contributed by atoms with Crippen LogP contribution < -0.4 is 10.9 Å². The van der Waals surface area contributed by atoms with Crippen molar-refractivity contribution >= 4 is 5.91 Å². The molecule has 1 atom stereocenters. The first kappa shape index (κ1) is 15.4. The van der Waals surface area contributed by atoms with Crippen molar-refractivity contribution in [1.29, 1.82) is 0 Å². The van der Waals surface area contributed by atoms with Gasteiger partial charge in [-0.3, -0.25) is 14.6 Å². The van der Waals surface area contributed by atoms with Crippen molar-refractivity contribution in [2.45, 2.75) is 25.0 Å². The third-order valence-electron chi connectivity index (χ3n) is 4.11. The fraction of sp³-hybridized carbons (Fsp3) is 0.375. The lowest BCUT2D eigenvalue weighted by atomic mass is 9.76. The zero-order chi connectivity index (χ0) is 16.4. The molecule has 7 heteroatoms. The molecule has 1 amide bonds. The van der Waals surface area contributed by atoms with Gasteiger partial charge >= 0.3 is 0 Å². The van der Waals surface area contributed by atoms with Crippen LogP contribution in [-0.4, -0.2) is 31.9 Å². The smallest absolute Gasteiger partial charge is 0.272 e. The highest BCUT2D eigenvalue weighted by molar-refractivity contribution is 5.92. The summed E-state index contributed by atoms with van der Waals surface area (Å²) in [5.74, 6) is -0.228. The fourth-order valence-electron chi connectivity index (χ4n) is 2.73. The second kappa shape index (κ2) is 6.29. The Bertz CT molecular complexity index is 753. The van der Waals surface area contributed by atoms with Gasteiger partial charge in [0.2, 0.25) is 0 Å². The van der Waals surface area contributed by atoms with Gasteiger partial charge in [-0.2, -0.15) is 5.10 Å². The molecule has 1 aliphatic rings. The summed E-state index contributed by atoms with van der Waals surface area (Å²) in [6.07, 6.45) is 2.61. The number of carbonyl (C=O) groups is 1. The third-order valence-corrected chi connectivity index (χ3v) is 4.11. The van der Waals surface area contributed by atoms with Crippen LogP contribution in [-0.2, 0) is 7.05 Å². The van der Waals surface area contributed by atoms with Crippen LogP contribution in [0.25, 0.3) is 0 Å². The fourth-order valence-corrected chi connectivity index (χ4v) is 2.73. The van der Waals surface area contributed by atoms with E-state index in [2.05, 4.69) is 15.4 Å². The quantitative estimate of drug-likeness (QED) is 0.852. The minimum atomic E-state index is -0.363. The number of hydrogen-bond donors (Lipinski definition) is 2. The Morgan fingerprint density at radius 3 is 2.74 bits per heavy atom. The van der Waals surface area contributed by atoms with Crippen molar-refractivity contribution in [2.75, 3.05) is 0 Å². The van der Waals surface area contributed by atoms with Crippen LogP contribution in [0.3, 0.4) is 0 Å². The number of pyridine rings is 1. The van der Waals surface area contributed by atoms with E-state index in [-0.39, 0.29) is 35.2 Å². The van der Waals surface area contributed by atoms with Gasteiger partial charge in [-0.15, -0.1) is 0 Å². The summed E-state index contributed by atoms with van der Waals surface area (Å²) < 4.78 is 1.12. The van der Waals surface area contributed by atoms with Gasteiger partial charge in [-0.25, -0.2) is 4.68 Å². The number of rotatable bonds is 4. The van der Waals surface area contributed by atoms with Crippen molar-refractivity contribution < 1.29 is 9.90 Å². The van der Waals surface area contributed by atoms with E-state index >= 15 is 0 Å². The van der Waals surface area contributed by atoms with Crippen LogP contribution in [0.5, 0.6) is 0 Å². The van der Waals surface area contributed by atoms with Crippen LogP contribution in [0.2, 0.25) is 0 Å². The van der Waals surface area contributed by atoms with Crippen molar-refractivity contribution in [3.05, 3.63) is 58.3 Å². The molecule has 1 saturated carbocycles. The predicted molar refractivity (Wildman–Crippen MR) is 82.7 cm³/mol. The highest BCUT2D eigenvalue weighted by Gasteiger charge is 2.36. The van der Waals surface area contributed by atoms with E-state index in [0.717, 1.165) is 10.4 Å². The lowest BCUT2D eigenvalue weighted by Gasteiger charge is -2.37. The summed E-state index contributed by atoms with van der Waals surface area (Å²) in [5, 5.41) is 16.4. The number of amides is 1. The van der Waals surface area contributed by atoms with E-state index < -0.39 is 0 Å². The number of hydrogen-bond acceptors (Lipinski definition) is 5. The molecule has 3 rings (SSSR count). The van der Waals surface area contributed by atoms with Gasteiger partial charge in [0.15, 0.2) is 0 Å². The third kappa shape index (κ3) is 3.29. The molecule has 7 nitrogen and oxygen atoms in total. The minimum absolute atomic E-state index is 0.136. The standard InChI is InChI=1S/C16H18N4O3/c1-20-14(22)6-5-13(19-20)16(23)18-15(10-8-11(21)9-10)12-4-2-3-7-17-12/h2-7,10-11,15,21H,8-9H2,1H3,(H,18,23)/t10?,11?,15-/m0/s1. The zero-order valence-electron chi connectivity index (χ0n) is 12.7. The SMILES string of the molecule is Cn1nc(C(=O)N[C@H](c2ccccn2)C2CC(O)C2)ccc1=O. The van der Waals surface area contributed by atoms with E-state index in [0.29, 0.717) is 12.8 Å². The highest BCUT2D eigenvalue weighted by Crippen LogP contribution is 2.37. The Morgan fingerprint density at radius 2 is 2.13 bits per heavy atom. The normalized spacial score (nSPS) is 21.3. The zero-order valence-corrected chi connectivity index (χ0v) is 12.7. The number of aliphatic hydroxyl groups excluding tert-OH is 1. The summed E-state index contributed by atoms with van der Waals surface area (Å²) in [6, 6.07) is 7.96. The molecule has 2 heterocycles. The van der Waals surface area contributed by atoms with Gasteiger partial charge in [0.25, 0.3) is 11.5 Å². The maximum atomic E-state index is 12.4. The van der Waals surface area contributed by atoms with Gasteiger partial charge in [0, 0.05) is 19.3 Å². The van der Waals surface area contributed by atoms with E-state index in [4.69, 9.17) is 0 Å². The number of aromatic nitrogens is 3. The van der Waals surface area contributed by atoms with Crippen LogP contribution in [0, 0.1) is 5.92 Å². The maximum Gasteiger partial charge on any atom is 0.272 e. The summed E-state index contributed by atoms with van der Waals surface area (Å²) in [5.41, 5.74) is 0.653. The Labute approximate surface area is 133 Å². The lowest BCUT2D eigenvalue weighted by molar-refractivity contribution is 0.0227. The Hall–Kier alpha value is -2.54. The van der Waals surface area contributed by atoms with Crippen LogP contribution in [0.1, 0.15) is 35.1 Å². The molecule has 120 valence electrons. The average molecular weight is 314 g/mol. The van der Waals surface area contributed by atoms with E-state index in [1.54, 1.807) is 6.20 Å². The average Bonchev–Trinajstić information content (AvgIpc) is 2.53. The first-order valence-corrected chi connectivity index (χ1v) is 7.49. The lowest BCUT2D eigenvalue weighted by Crippen LogP contribution is -2.42. The molecular formula is C16H18N4O3. The number of aliphatic hydroxyl groups is 1. The van der Waals surface area contributed by atoms with Gasteiger partial charge in [-0.1, -0.05) is 6.07 Å². The molecule has 0 bridgehead atoms. The van der Waals surface area contributed by atoms with Crippen LogP contribution >= 0.6 is 0 Å². The molecule has 2 aromatic heterocycles. The molecule has 1 fully saturated rings. The second-order valence-corrected chi connectivity index (χ2v) is 5.77. The summed E-state index contributed by atoms with van der Waals surface area (Å²) >= 11 is 0. The molecule has 2 N–H and O–H groups in total. The summed E-state index contributed by atoms with van der Waals surface area (Å²) in [6.45, 7) is 0. The minimum Gasteiger partial charge on any atom is -0.393 e. The Balaban J connectivity index is 1.82. The first-order valence-electron chi connectivity index (χ1n) is 7.49. The maximum absolute atomic E-state index is 12.4. The van der Waals surface area contributed by atoms with Crippen LogP contribution in [0.15, 0.2) is 41.3 Å². The highest BCUT2D eigenvalue weighted by atomic mass is 16.3. The first-order chi connectivity index (χ1) is 11.0. The van der Waals surface area contributed by atoms with Crippen molar-refractivity contribution in [1.82, 2.24) is 20.1 Å². The van der Waals surface area contributed by atoms with Crippen molar-refractivity contribution in [3.8, 4) is 0 Å². The topological polar surface area (TPSA) is 97.1 Å². The number of carbonyl (C=O) groups excluding carboxylic acids is 1. The van der Waals surface area contributed by atoms with E-state index in [1.807, 2.05) is 18.2 Å². The predicted octanol–water partition coefficient (Wildman–Crippen LogP) is 0.417. The van der Waals surface area contributed by atoms with Crippen molar-refractivity contribution in [2.24, 2.45) is 13.0 Å². The van der Waals surface area contributed by atoms with Crippen molar-refractivity contribution in [3.63, 3.8) is 0 Å². The largest absolute Gasteiger partial charge is 0.393 e. The number of aryl methyl sites for hydroxylation is 1. The molecule has 0 aromatic carbocycles. The van der Waals surface area contributed by atoms with Gasteiger partial charge in [-0.05, 0) is 37.0 Å². The number of nitrogens with one attached hydrogen (secondary N) is 1. The van der Waals surface area contributed by atoms with E-state index in [9.17, 15) is 14.7 Å². The monoisotopic (exact) mass is 314 g/mol.